The topological polar surface area (TPSA) is 24.9 Å². The Morgan fingerprint density at radius 2 is 2.05 bits per heavy atom. The van der Waals surface area contributed by atoms with Gasteiger partial charge in [-0.15, -0.1) is 0 Å². The number of hydrogen-bond donors (Lipinski definition) is 0. The third-order valence-electron chi connectivity index (χ3n) is 4.91. The van der Waals surface area contributed by atoms with Crippen LogP contribution in [0.3, 0.4) is 0 Å². The van der Waals surface area contributed by atoms with Gasteiger partial charge in [-0.3, -0.25) is 4.90 Å². The highest BCUT2D eigenvalue weighted by molar-refractivity contribution is 5.39. The van der Waals surface area contributed by atoms with Gasteiger partial charge in [0.2, 0.25) is 0 Å². The zero-order valence-electron chi connectivity index (χ0n) is 13.9. The van der Waals surface area contributed by atoms with Crippen LogP contribution in [-0.4, -0.2) is 68.9 Å². The molecule has 0 unspecified atom stereocenters. The Hall–Kier alpha value is -1.10. The molecule has 0 aromatic heterocycles. The normalized spacial score (nSPS) is 20.6. The van der Waals surface area contributed by atoms with Gasteiger partial charge < -0.3 is 14.4 Å². The lowest BCUT2D eigenvalue weighted by molar-refractivity contribution is 0.0577. The standard InChI is InChI=1S/C18H28N2O2/c1-15(14-21-2)20-10-8-19(9-11-20)7-5-16-3-4-18-17(13-16)6-12-22-18/h3-4,13,15H,5-12,14H2,1-2H3/t15-/m1/s1. The van der Waals surface area contributed by atoms with E-state index in [4.69, 9.17) is 9.47 Å². The molecule has 4 heteroatoms. The molecular formula is C18H28N2O2. The Kier molecular flexibility index (Phi) is 5.34. The van der Waals surface area contributed by atoms with Crippen molar-refractivity contribution < 1.29 is 9.47 Å². The van der Waals surface area contributed by atoms with Gasteiger partial charge >= 0.3 is 0 Å². The predicted octanol–water partition coefficient (Wildman–Crippen LogP) is 1.82. The maximum absolute atomic E-state index is 5.58. The number of hydrogen-bond acceptors (Lipinski definition) is 4. The number of methoxy groups -OCH3 is 1. The fraction of sp³-hybridized carbons (Fsp3) is 0.667. The summed E-state index contributed by atoms with van der Waals surface area (Å²) in [6.45, 7) is 9.74. The maximum atomic E-state index is 5.58. The van der Waals surface area contributed by atoms with Gasteiger partial charge in [0, 0.05) is 52.3 Å². The number of ether oxygens (including phenoxy) is 2. The molecule has 122 valence electrons. The minimum Gasteiger partial charge on any atom is -0.493 e. The Morgan fingerprint density at radius 3 is 2.82 bits per heavy atom. The first-order valence-corrected chi connectivity index (χ1v) is 8.46. The average Bonchev–Trinajstić information content (AvgIpc) is 3.01. The summed E-state index contributed by atoms with van der Waals surface area (Å²) in [6, 6.07) is 7.23. The molecule has 2 heterocycles. The second-order valence-electron chi connectivity index (χ2n) is 6.47. The van der Waals surface area contributed by atoms with E-state index in [-0.39, 0.29) is 0 Å². The molecule has 1 fully saturated rings. The Balaban J connectivity index is 1.43. The summed E-state index contributed by atoms with van der Waals surface area (Å²) >= 11 is 0. The molecule has 22 heavy (non-hydrogen) atoms. The van der Waals surface area contributed by atoms with Gasteiger partial charge in [-0.25, -0.2) is 0 Å². The zero-order valence-corrected chi connectivity index (χ0v) is 13.9. The first-order valence-electron chi connectivity index (χ1n) is 8.46. The van der Waals surface area contributed by atoms with Crippen molar-refractivity contribution in [3.63, 3.8) is 0 Å². The van der Waals surface area contributed by atoms with Gasteiger partial charge in [-0.2, -0.15) is 0 Å². The molecule has 0 amide bonds. The van der Waals surface area contributed by atoms with E-state index in [1.165, 1.54) is 24.2 Å². The Morgan fingerprint density at radius 1 is 1.23 bits per heavy atom. The van der Waals surface area contributed by atoms with Crippen LogP contribution < -0.4 is 4.74 Å². The second kappa shape index (κ2) is 7.44. The minimum absolute atomic E-state index is 0.531. The lowest BCUT2D eigenvalue weighted by atomic mass is 10.1. The molecular weight excluding hydrogens is 276 g/mol. The first kappa shape index (κ1) is 15.8. The maximum Gasteiger partial charge on any atom is 0.122 e. The minimum atomic E-state index is 0.531. The van der Waals surface area contributed by atoms with Crippen LogP contribution in [0.25, 0.3) is 0 Å². The van der Waals surface area contributed by atoms with E-state index in [9.17, 15) is 0 Å². The summed E-state index contributed by atoms with van der Waals surface area (Å²) in [7, 11) is 1.79. The Bertz CT molecular complexity index is 484. The van der Waals surface area contributed by atoms with Crippen molar-refractivity contribution in [1.29, 1.82) is 0 Å². The predicted molar refractivity (Wildman–Crippen MR) is 88.7 cm³/mol. The van der Waals surface area contributed by atoms with Gasteiger partial charge in [-0.1, -0.05) is 12.1 Å². The van der Waals surface area contributed by atoms with Crippen LogP contribution in [0.5, 0.6) is 5.75 Å². The van der Waals surface area contributed by atoms with Crippen LogP contribution in [0.1, 0.15) is 18.1 Å². The molecule has 0 radical (unpaired) electrons. The SMILES string of the molecule is COC[C@@H](C)N1CCN(CCc2ccc3c(c2)CCO3)CC1. The fourth-order valence-corrected chi connectivity index (χ4v) is 3.46. The quantitative estimate of drug-likeness (QED) is 0.800. The molecule has 1 atom stereocenters. The lowest BCUT2D eigenvalue weighted by Gasteiger charge is -2.37. The molecule has 3 rings (SSSR count). The van der Waals surface area contributed by atoms with Crippen molar-refractivity contribution in [1.82, 2.24) is 9.80 Å². The average molecular weight is 304 g/mol. The highest BCUT2D eigenvalue weighted by Gasteiger charge is 2.20. The van der Waals surface area contributed by atoms with Gasteiger partial charge in [0.25, 0.3) is 0 Å². The summed E-state index contributed by atoms with van der Waals surface area (Å²) < 4.78 is 10.8. The smallest absolute Gasteiger partial charge is 0.122 e. The fourth-order valence-electron chi connectivity index (χ4n) is 3.46. The third kappa shape index (κ3) is 3.80. The molecule has 0 spiro atoms. The highest BCUT2D eigenvalue weighted by Crippen LogP contribution is 2.26. The summed E-state index contributed by atoms with van der Waals surface area (Å²) in [4.78, 5) is 5.12. The third-order valence-corrected chi connectivity index (χ3v) is 4.91. The summed E-state index contributed by atoms with van der Waals surface area (Å²) in [5, 5.41) is 0. The number of piperazine rings is 1. The van der Waals surface area contributed by atoms with Crippen LogP contribution >= 0.6 is 0 Å². The summed E-state index contributed by atoms with van der Waals surface area (Å²) in [6.07, 6.45) is 2.21. The summed E-state index contributed by atoms with van der Waals surface area (Å²) in [5.41, 5.74) is 2.83. The molecule has 0 saturated carbocycles. The molecule has 4 nitrogen and oxygen atoms in total. The van der Waals surface area contributed by atoms with E-state index in [1.54, 1.807) is 7.11 Å². The monoisotopic (exact) mass is 304 g/mol. The van der Waals surface area contributed by atoms with E-state index in [1.807, 2.05) is 0 Å². The number of rotatable bonds is 6. The molecule has 1 saturated heterocycles. The molecule has 0 N–H and O–H groups in total. The van der Waals surface area contributed by atoms with E-state index in [0.717, 1.165) is 51.4 Å². The Labute approximate surface area is 134 Å². The first-order chi connectivity index (χ1) is 10.8. The molecule has 2 aliphatic rings. The molecule has 1 aromatic rings. The van der Waals surface area contributed by atoms with E-state index in [0.29, 0.717) is 6.04 Å². The number of fused-ring (bicyclic) bond motifs is 1. The second-order valence-corrected chi connectivity index (χ2v) is 6.47. The summed E-state index contributed by atoms with van der Waals surface area (Å²) in [5.74, 6) is 1.09. The van der Waals surface area contributed by atoms with Crippen LogP contribution in [-0.2, 0) is 17.6 Å². The van der Waals surface area contributed by atoms with E-state index in [2.05, 4.69) is 34.9 Å². The molecule has 2 aliphatic heterocycles. The largest absolute Gasteiger partial charge is 0.493 e. The van der Waals surface area contributed by atoms with Gasteiger partial charge in [0.15, 0.2) is 0 Å². The van der Waals surface area contributed by atoms with Gasteiger partial charge in [0.05, 0.1) is 13.2 Å². The van der Waals surface area contributed by atoms with E-state index >= 15 is 0 Å². The van der Waals surface area contributed by atoms with Crippen LogP contribution in [0.4, 0.5) is 0 Å². The van der Waals surface area contributed by atoms with E-state index < -0.39 is 0 Å². The van der Waals surface area contributed by atoms with Crippen molar-refractivity contribution in [2.45, 2.75) is 25.8 Å². The van der Waals surface area contributed by atoms with Gasteiger partial charge in [-0.05, 0) is 30.5 Å². The van der Waals surface area contributed by atoms with Crippen molar-refractivity contribution >= 4 is 0 Å². The number of benzene rings is 1. The van der Waals surface area contributed by atoms with Crippen molar-refractivity contribution in [3.8, 4) is 5.75 Å². The van der Waals surface area contributed by atoms with Crippen LogP contribution in [0.2, 0.25) is 0 Å². The van der Waals surface area contributed by atoms with Crippen LogP contribution in [0.15, 0.2) is 18.2 Å². The highest BCUT2D eigenvalue weighted by atomic mass is 16.5. The molecule has 0 aliphatic carbocycles. The lowest BCUT2D eigenvalue weighted by Crippen LogP contribution is -2.50. The molecule has 1 aromatic carbocycles. The van der Waals surface area contributed by atoms with Crippen molar-refractivity contribution in [2.75, 3.05) is 53.0 Å². The van der Waals surface area contributed by atoms with Crippen LogP contribution in [0, 0.1) is 0 Å². The van der Waals surface area contributed by atoms with Crippen molar-refractivity contribution in [2.24, 2.45) is 0 Å². The molecule has 0 bridgehead atoms. The van der Waals surface area contributed by atoms with Crippen molar-refractivity contribution in [3.05, 3.63) is 29.3 Å². The van der Waals surface area contributed by atoms with Gasteiger partial charge in [0.1, 0.15) is 5.75 Å². The number of nitrogens with zero attached hydrogens (tertiary/aromatic N) is 2. The zero-order chi connectivity index (χ0) is 15.4.